The molecule has 222 valence electrons. The topological polar surface area (TPSA) is 78.9 Å². The summed E-state index contributed by atoms with van der Waals surface area (Å²) >= 11 is 0. The number of carbonyl (C=O) groups excluding carboxylic acids is 1. The quantitative estimate of drug-likeness (QED) is 0.403. The highest BCUT2D eigenvalue weighted by Crippen LogP contribution is 2.48. The Morgan fingerprint density at radius 2 is 1.76 bits per heavy atom. The first kappa shape index (κ1) is 29.4. The van der Waals surface area contributed by atoms with Gasteiger partial charge in [0.05, 0.1) is 12.2 Å². The predicted molar refractivity (Wildman–Crippen MR) is 139 cm³/mol. The molecular formula is C30H33F5N2O4. The Morgan fingerprint density at radius 1 is 1.02 bits per heavy atom. The second-order valence-corrected chi connectivity index (χ2v) is 11.5. The van der Waals surface area contributed by atoms with Gasteiger partial charge in [-0.05, 0) is 97.9 Å². The van der Waals surface area contributed by atoms with Gasteiger partial charge in [0.1, 0.15) is 17.2 Å². The molecule has 4 atom stereocenters. The number of piperidine rings is 1. The normalized spacial score (nSPS) is 27.4. The van der Waals surface area contributed by atoms with Crippen molar-refractivity contribution in [2.45, 2.75) is 68.8 Å². The van der Waals surface area contributed by atoms with Crippen LogP contribution in [0.1, 0.15) is 61.1 Å². The highest BCUT2D eigenvalue weighted by atomic mass is 19.4. The molecule has 2 aliphatic heterocycles. The summed E-state index contributed by atoms with van der Waals surface area (Å²) < 4.78 is 72.8. The van der Waals surface area contributed by atoms with Crippen LogP contribution in [0.4, 0.5) is 22.0 Å². The lowest BCUT2D eigenvalue weighted by molar-refractivity contribution is -0.166. The Bertz CT molecular complexity index is 1260. The number of amides is 1. The summed E-state index contributed by atoms with van der Waals surface area (Å²) in [5, 5.41) is 12.2. The minimum Gasteiger partial charge on any atom is -0.481 e. The van der Waals surface area contributed by atoms with Gasteiger partial charge in [0.25, 0.3) is 5.91 Å². The number of carboxylic acid groups (broad SMARTS) is 1. The molecule has 41 heavy (non-hydrogen) atoms. The van der Waals surface area contributed by atoms with Gasteiger partial charge in [0.15, 0.2) is 0 Å². The first-order chi connectivity index (χ1) is 19.4. The van der Waals surface area contributed by atoms with Gasteiger partial charge < -0.3 is 15.2 Å². The lowest BCUT2D eigenvalue weighted by Gasteiger charge is -2.46. The summed E-state index contributed by atoms with van der Waals surface area (Å²) in [6.45, 7) is 1.25. The van der Waals surface area contributed by atoms with E-state index in [0.717, 1.165) is 30.5 Å². The van der Waals surface area contributed by atoms with E-state index >= 15 is 0 Å². The molecule has 2 N–H and O–H groups in total. The van der Waals surface area contributed by atoms with Gasteiger partial charge in [-0.25, -0.2) is 8.78 Å². The molecule has 0 spiro atoms. The van der Waals surface area contributed by atoms with E-state index in [1.165, 1.54) is 12.1 Å². The maximum absolute atomic E-state index is 13.8. The van der Waals surface area contributed by atoms with E-state index in [4.69, 9.17) is 4.74 Å². The fraction of sp³-hybridized carbons (Fsp3) is 0.533. The fourth-order valence-electron chi connectivity index (χ4n) is 6.53. The van der Waals surface area contributed by atoms with Crippen molar-refractivity contribution in [3.63, 3.8) is 0 Å². The van der Waals surface area contributed by atoms with Crippen molar-refractivity contribution in [2.24, 2.45) is 11.8 Å². The molecule has 2 aromatic carbocycles. The van der Waals surface area contributed by atoms with Crippen molar-refractivity contribution in [3.8, 4) is 0 Å². The van der Waals surface area contributed by atoms with Crippen molar-refractivity contribution in [3.05, 3.63) is 70.8 Å². The summed E-state index contributed by atoms with van der Waals surface area (Å²) in [4.78, 5) is 27.2. The maximum Gasteiger partial charge on any atom is 0.416 e. The van der Waals surface area contributed by atoms with Gasteiger partial charge in [0, 0.05) is 25.6 Å². The number of nitrogens with zero attached hydrogens (tertiary/aromatic N) is 1. The monoisotopic (exact) mass is 580 g/mol. The van der Waals surface area contributed by atoms with Crippen LogP contribution < -0.4 is 5.32 Å². The van der Waals surface area contributed by atoms with E-state index in [9.17, 15) is 36.6 Å². The Kier molecular flexibility index (Phi) is 8.39. The van der Waals surface area contributed by atoms with Gasteiger partial charge in [-0.15, -0.1) is 0 Å². The third kappa shape index (κ3) is 6.72. The molecule has 3 fully saturated rings. The van der Waals surface area contributed by atoms with E-state index < -0.39 is 35.0 Å². The standard InChI is InChI=1S/C30H33F5N2O4/c31-23-5-1-19(2-6-23)26-8-10-37(16-20(26)13-27(38)39)25-7-9-29(41-17-25,21-3-4-21)28(40)36-15-18-11-22(30(33,34)35)14-24(32)12-18/h1-2,5-6,11-12,14,20-21,25-26H,3-4,7-10,13,15-17H2,(H,36,40)(H,38,39)/t20?,25?,26-,29+/m1/s1. The molecule has 2 heterocycles. The minimum absolute atomic E-state index is 0.00525. The van der Waals surface area contributed by atoms with Crippen molar-refractivity contribution >= 4 is 11.9 Å². The second-order valence-electron chi connectivity index (χ2n) is 11.5. The van der Waals surface area contributed by atoms with Crippen molar-refractivity contribution in [2.75, 3.05) is 19.7 Å². The summed E-state index contributed by atoms with van der Waals surface area (Å²) in [5.41, 5.74) is -1.27. The highest BCUT2D eigenvalue weighted by Gasteiger charge is 2.54. The molecule has 2 aromatic rings. The van der Waals surface area contributed by atoms with E-state index in [0.29, 0.717) is 38.4 Å². The van der Waals surface area contributed by atoms with Crippen LogP contribution >= 0.6 is 0 Å². The minimum atomic E-state index is -4.70. The van der Waals surface area contributed by atoms with Crippen molar-refractivity contribution in [1.29, 1.82) is 0 Å². The Morgan fingerprint density at radius 3 is 2.37 bits per heavy atom. The number of carboxylic acids is 1. The zero-order valence-corrected chi connectivity index (χ0v) is 22.4. The molecule has 3 aliphatic rings. The van der Waals surface area contributed by atoms with Crippen LogP contribution in [0.2, 0.25) is 0 Å². The average Bonchev–Trinajstić information content (AvgIpc) is 3.77. The zero-order valence-electron chi connectivity index (χ0n) is 22.4. The van der Waals surface area contributed by atoms with E-state index in [2.05, 4.69) is 10.2 Å². The van der Waals surface area contributed by atoms with Gasteiger partial charge in [-0.1, -0.05) is 12.1 Å². The van der Waals surface area contributed by atoms with Crippen LogP contribution in [-0.4, -0.2) is 53.2 Å². The molecular weight excluding hydrogens is 547 g/mol. The number of nitrogens with one attached hydrogen (secondary N) is 1. The van der Waals surface area contributed by atoms with Crippen LogP contribution in [-0.2, 0) is 27.0 Å². The van der Waals surface area contributed by atoms with Gasteiger partial charge >= 0.3 is 12.1 Å². The number of carbonyl (C=O) groups is 2. The Labute approximate surface area is 234 Å². The average molecular weight is 581 g/mol. The molecule has 2 saturated heterocycles. The highest BCUT2D eigenvalue weighted by molar-refractivity contribution is 5.86. The number of hydrogen-bond donors (Lipinski definition) is 2. The number of alkyl halides is 3. The Balaban J connectivity index is 1.22. The number of aliphatic carboxylic acids is 1. The van der Waals surface area contributed by atoms with Gasteiger partial charge in [0.2, 0.25) is 0 Å². The molecule has 11 heteroatoms. The van der Waals surface area contributed by atoms with E-state index in [1.54, 1.807) is 12.1 Å². The van der Waals surface area contributed by atoms with Crippen LogP contribution in [0, 0.1) is 23.5 Å². The number of hydrogen-bond acceptors (Lipinski definition) is 4. The lowest BCUT2D eigenvalue weighted by atomic mass is 9.77. The maximum atomic E-state index is 13.8. The number of likely N-dealkylation sites (tertiary alicyclic amines) is 1. The third-order valence-electron chi connectivity index (χ3n) is 8.76. The zero-order chi connectivity index (χ0) is 29.4. The third-order valence-corrected chi connectivity index (χ3v) is 8.76. The molecule has 1 saturated carbocycles. The molecule has 0 radical (unpaired) electrons. The number of rotatable bonds is 8. The first-order valence-electron chi connectivity index (χ1n) is 13.9. The van der Waals surface area contributed by atoms with Crippen molar-refractivity contribution < 1.29 is 41.4 Å². The molecule has 1 aliphatic carbocycles. The second kappa shape index (κ2) is 11.7. The van der Waals surface area contributed by atoms with Crippen molar-refractivity contribution in [1.82, 2.24) is 10.2 Å². The molecule has 2 unspecified atom stereocenters. The summed E-state index contributed by atoms with van der Waals surface area (Å²) in [7, 11) is 0. The summed E-state index contributed by atoms with van der Waals surface area (Å²) in [6, 6.07) is 8.41. The Hall–Kier alpha value is -3.05. The number of benzene rings is 2. The van der Waals surface area contributed by atoms with Crippen LogP contribution in [0.15, 0.2) is 42.5 Å². The van der Waals surface area contributed by atoms with Crippen LogP contribution in [0.5, 0.6) is 0 Å². The smallest absolute Gasteiger partial charge is 0.416 e. The molecule has 0 aromatic heterocycles. The summed E-state index contributed by atoms with van der Waals surface area (Å²) in [5.74, 6) is -2.84. The lowest BCUT2D eigenvalue weighted by Crippen LogP contribution is -2.58. The van der Waals surface area contributed by atoms with E-state index in [1.807, 2.05) is 0 Å². The fourth-order valence-corrected chi connectivity index (χ4v) is 6.53. The first-order valence-corrected chi connectivity index (χ1v) is 13.9. The van der Waals surface area contributed by atoms with Crippen LogP contribution in [0.25, 0.3) is 0 Å². The van der Waals surface area contributed by atoms with E-state index in [-0.39, 0.29) is 54.7 Å². The SMILES string of the molecule is O=C(O)CC1CN(C2CC[C@@](C(=O)NCc3cc(F)cc(C(F)(F)F)c3)(C3CC3)OC2)CC[C@@H]1c1ccc(F)cc1. The molecule has 5 rings (SSSR count). The number of halogens is 5. The van der Waals surface area contributed by atoms with Gasteiger partial charge in [-0.3, -0.25) is 14.5 Å². The van der Waals surface area contributed by atoms with Gasteiger partial charge in [-0.2, -0.15) is 13.2 Å². The summed E-state index contributed by atoms with van der Waals surface area (Å²) in [6.07, 6.45) is -1.33. The largest absolute Gasteiger partial charge is 0.481 e. The predicted octanol–water partition coefficient (Wildman–Crippen LogP) is 5.51. The molecule has 6 nitrogen and oxygen atoms in total. The molecule has 1 amide bonds. The molecule has 0 bridgehead atoms. The van der Waals surface area contributed by atoms with Crippen LogP contribution in [0.3, 0.4) is 0 Å². The number of ether oxygens (including phenoxy) is 1.